The van der Waals surface area contributed by atoms with Crippen molar-refractivity contribution in [3.8, 4) is 5.69 Å². The SMILES string of the molecule is CSc1nccn1-c1ccc(C(=O)NCC(=O)N2CCN(c3ccc(Cl)cc3)CC2)cc1. The number of imidazole rings is 1. The molecule has 0 atom stereocenters. The van der Waals surface area contributed by atoms with Gasteiger partial charge < -0.3 is 15.1 Å². The molecule has 1 aromatic heterocycles. The van der Waals surface area contributed by atoms with E-state index in [0.717, 1.165) is 29.6 Å². The lowest BCUT2D eigenvalue weighted by molar-refractivity contribution is -0.130. The maximum absolute atomic E-state index is 12.6. The van der Waals surface area contributed by atoms with E-state index in [1.807, 2.05) is 53.4 Å². The number of thioether (sulfide) groups is 1. The normalized spacial score (nSPS) is 13.8. The molecule has 3 aromatic rings. The largest absolute Gasteiger partial charge is 0.368 e. The van der Waals surface area contributed by atoms with E-state index in [4.69, 9.17) is 11.6 Å². The summed E-state index contributed by atoms with van der Waals surface area (Å²) in [6.07, 6.45) is 5.59. The smallest absolute Gasteiger partial charge is 0.251 e. The highest BCUT2D eigenvalue weighted by Crippen LogP contribution is 2.20. The van der Waals surface area contributed by atoms with Crippen LogP contribution in [0.15, 0.2) is 66.1 Å². The number of carbonyl (C=O) groups excluding carboxylic acids is 2. The molecule has 0 radical (unpaired) electrons. The average molecular weight is 470 g/mol. The van der Waals surface area contributed by atoms with Crippen molar-refractivity contribution in [3.05, 3.63) is 71.5 Å². The van der Waals surface area contributed by atoms with Crippen molar-refractivity contribution in [1.82, 2.24) is 19.8 Å². The first kappa shape index (κ1) is 22.2. The number of hydrogen-bond donors (Lipinski definition) is 1. The molecule has 0 unspecified atom stereocenters. The lowest BCUT2D eigenvalue weighted by Crippen LogP contribution is -2.51. The van der Waals surface area contributed by atoms with Gasteiger partial charge in [-0.05, 0) is 54.8 Å². The molecular formula is C23H24ClN5O2S. The lowest BCUT2D eigenvalue weighted by atomic mass is 10.2. The first-order valence-electron chi connectivity index (χ1n) is 10.3. The number of hydrogen-bond acceptors (Lipinski definition) is 5. The van der Waals surface area contributed by atoms with Crippen LogP contribution >= 0.6 is 23.4 Å². The second kappa shape index (κ2) is 10.1. The van der Waals surface area contributed by atoms with Gasteiger partial charge in [-0.2, -0.15) is 0 Å². The van der Waals surface area contributed by atoms with Gasteiger partial charge in [0.2, 0.25) is 5.91 Å². The van der Waals surface area contributed by atoms with E-state index in [1.54, 1.807) is 35.0 Å². The number of nitrogens with one attached hydrogen (secondary N) is 1. The Hall–Kier alpha value is -2.97. The maximum atomic E-state index is 12.6. The van der Waals surface area contributed by atoms with E-state index in [2.05, 4.69) is 15.2 Å². The number of nitrogens with zero attached hydrogens (tertiary/aromatic N) is 4. The van der Waals surface area contributed by atoms with Crippen molar-refractivity contribution in [2.75, 3.05) is 43.9 Å². The van der Waals surface area contributed by atoms with Crippen LogP contribution < -0.4 is 10.2 Å². The van der Waals surface area contributed by atoms with Gasteiger partial charge in [0.05, 0.1) is 6.54 Å². The van der Waals surface area contributed by atoms with Gasteiger partial charge in [0.1, 0.15) is 0 Å². The van der Waals surface area contributed by atoms with Gasteiger partial charge in [-0.1, -0.05) is 23.4 Å². The Bertz CT molecular complexity index is 1080. The van der Waals surface area contributed by atoms with Crippen molar-refractivity contribution in [2.24, 2.45) is 0 Å². The van der Waals surface area contributed by atoms with Crippen molar-refractivity contribution < 1.29 is 9.59 Å². The molecule has 9 heteroatoms. The molecule has 0 saturated carbocycles. The zero-order valence-electron chi connectivity index (χ0n) is 17.7. The molecule has 0 aliphatic carbocycles. The molecule has 4 rings (SSSR count). The molecule has 1 aliphatic heterocycles. The molecule has 2 heterocycles. The molecule has 1 N–H and O–H groups in total. The monoisotopic (exact) mass is 469 g/mol. The van der Waals surface area contributed by atoms with Crippen molar-refractivity contribution in [3.63, 3.8) is 0 Å². The number of benzene rings is 2. The number of piperazine rings is 1. The highest BCUT2D eigenvalue weighted by atomic mass is 35.5. The van der Waals surface area contributed by atoms with E-state index < -0.39 is 0 Å². The predicted molar refractivity (Wildman–Crippen MR) is 128 cm³/mol. The van der Waals surface area contributed by atoms with Crippen LogP contribution in [-0.2, 0) is 4.79 Å². The molecular weight excluding hydrogens is 446 g/mol. The number of aromatic nitrogens is 2. The quantitative estimate of drug-likeness (QED) is 0.561. The first-order valence-corrected chi connectivity index (χ1v) is 11.9. The number of halogens is 1. The number of carbonyl (C=O) groups is 2. The summed E-state index contributed by atoms with van der Waals surface area (Å²) in [6, 6.07) is 15.0. The minimum atomic E-state index is -0.263. The molecule has 1 fully saturated rings. The van der Waals surface area contributed by atoms with Gasteiger partial charge in [0.25, 0.3) is 5.91 Å². The highest BCUT2D eigenvalue weighted by molar-refractivity contribution is 7.98. The predicted octanol–water partition coefficient (Wildman–Crippen LogP) is 3.33. The van der Waals surface area contributed by atoms with Gasteiger partial charge >= 0.3 is 0 Å². The third kappa shape index (κ3) is 5.08. The second-order valence-corrected chi connectivity index (χ2v) is 8.57. The molecule has 0 bridgehead atoms. The number of rotatable bonds is 6. The minimum Gasteiger partial charge on any atom is -0.368 e. The van der Waals surface area contributed by atoms with Crippen LogP contribution in [0.2, 0.25) is 5.02 Å². The van der Waals surface area contributed by atoms with Crippen molar-refractivity contribution >= 4 is 40.9 Å². The molecule has 2 aromatic carbocycles. The van der Waals surface area contributed by atoms with Crippen LogP contribution in [0, 0.1) is 0 Å². The van der Waals surface area contributed by atoms with Crippen molar-refractivity contribution in [1.29, 1.82) is 0 Å². The Morgan fingerprint density at radius 2 is 1.66 bits per heavy atom. The van der Waals surface area contributed by atoms with Crippen LogP contribution in [0.3, 0.4) is 0 Å². The van der Waals surface area contributed by atoms with Crippen LogP contribution in [-0.4, -0.2) is 65.2 Å². The Labute approximate surface area is 196 Å². The Kier molecular flexibility index (Phi) is 7.02. The third-order valence-electron chi connectivity index (χ3n) is 5.42. The molecule has 0 spiro atoms. The summed E-state index contributed by atoms with van der Waals surface area (Å²) >= 11 is 7.51. The Morgan fingerprint density at radius 3 is 2.31 bits per heavy atom. The second-order valence-electron chi connectivity index (χ2n) is 7.36. The number of amides is 2. The summed E-state index contributed by atoms with van der Waals surface area (Å²) < 4.78 is 1.96. The summed E-state index contributed by atoms with van der Waals surface area (Å²) in [4.78, 5) is 33.4. The fourth-order valence-corrected chi connectivity index (χ4v) is 4.30. The van der Waals surface area contributed by atoms with E-state index in [1.165, 1.54) is 0 Å². The zero-order valence-corrected chi connectivity index (χ0v) is 19.3. The minimum absolute atomic E-state index is 0.0142. The first-order chi connectivity index (χ1) is 15.5. The van der Waals surface area contributed by atoms with E-state index in [-0.39, 0.29) is 18.4 Å². The van der Waals surface area contributed by atoms with Crippen molar-refractivity contribution in [2.45, 2.75) is 5.16 Å². The summed E-state index contributed by atoms with van der Waals surface area (Å²) in [5.41, 5.74) is 2.54. The maximum Gasteiger partial charge on any atom is 0.251 e. The van der Waals surface area contributed by atoms with Gasteiger partial charge in [-0.15, -0.1) is 0 Å². The molecule has 7 nitrogen and oxygen atoms in total. The van der Waals surface area contributed by atoms with E-state index >= 15 is 0 Å². The summed E-state index contributed by atoms with van der Waals surface area (Å²) in [7, 11) is 0. The molecule has 1 saturated heterocycles. The van der Waals surface area contributed by atoms with Crippen LogP contribution in [0.4, 0.5) is 5.69 Å². The van der Waals surface area contributed by atoms with Gasteiger partial charge in [0.15, 0.2) is 5.16 Å². The lowest BCUT2D eigenvalue weighted by Gasteiger charge is -2.36. The summed E-state index contributed by atoms with van der Waals surface area (Å²) in [5.74, 6) is -0.339. The Morgan fingerprint density at radius 1 is 1.00 bits per heavy atom. The molecule has 32 heavy (non-hydrogen) atoms. The molecule has 2 amide bonds. The molecule has 166 valence electrons. The number of anilines is 1. The van der Waals surface area contributed by atoms with Gasteiger partial charge in [-0.25, -0.2) is 4.98 Å². The van der Waals surface area contributed by atoms with Crippen LogP contribution in [0.25, 0.3) is 5.69 Å². The average Bonchev–Trinajstić information content (AvgIpc) is 3.32. The standard InChI is InChI=1S/C23H24ClN5O2S/c1-32-23-25-10-11-29(23)20-6-2-17(3-7-20)22(31)26-16-21(30)28-14-12-27(13-15-28)19-8-4-18(24)5-9-19/h2-11H,12-16H2,1H3,(H,26,31). The topological polar surface area (TPSA) is 70.5 Å². The fraction of sp³-hybridized carbons (Fsp3) is 0.261. The fourth-order valence-electron chi connectivity index (χ4n) is 3.65. The van der Waals surface area contributed by atoms with Gasteiger partial charge in [-0.3, -0.25) is 14.2 Å². The Balaban J connectivity index is 1.27. The van der Waals surface area contributed by atoms with E-state index in [9.17, 15) is 9.59 Å². The molecule has 1 aliphatic rings. The third-order valence-corrected chi connectivity index (χ3v) is 6.34. The summed E-state index contributed by atoms with van der Waals surface area (Å²) in [6.45, 7) is 2.72. The van der Waals surface area contributed by atoms with Crippen LogP contribution in [0.1, 0.15) is 10.4 Å². The zero-order chi connectivity index (χ0) is 22.5. The van der Waals surface area contributed by atoms with E-state index in [0.29, 0.717) is 23.7 Å². The van der Waals surface area contributed by atoms with Crippen LogP contribution in [0.5, 0.6) is 0 Å². The van der Waals surface area contributed by atoms with Gasteiger partial charge in [0, 0.05) is 60.5 Å². The highest BCUT2D eigenvalue weighted by Gasteiger charge is 2.21. The summed E-state index contributed by atoms with van der Waals surface area (Å²) in [5, 5.41) is 4.33.